The lowest BCUT2D eigenvalue weighted by Crippen LogP contribution is -2.32. The number of imidazole rings is 1. The number of hydrogen-bond acceptors (Lipinski definition) is 6. The number of hydrogen-bond donors (Lipinski definition) is 0. The van der Waals surface area contributed by atoms with Crippen LogP contribution in [0.15, 0.2) is 46.3 Å². The highest BCUT2D eigenvalue weighted by Gasteiger charge is 2.22. The van der Waals surface area contributed by atoms with Crippen molar-refractivity contribution in [2.75, 3.05) is 14.2 Å². The van der Waals surface area contributed by atoms with Crippen LogP contribution in [0.3, 0.4) is 0 Å². The number of aromatic nitrogens is 2. The molecule has 8 nitrogen and oxygen atoms in total. The van der Waals surface area contributed by atoms with Gasteiger partial charge in [0, 0.05) is 12.4 Å². The maximum Gasteiger partial charge on any atom is 0.421 e. The Bertz CT molecular complexity index is 816. The van der Waals surface area contributed by atoms with E-state index in [2.05, 4.69) is 4.74 Å². The van der Waals surface area contributed by atoms with Gasteiger partial charge in [0.25, 0.3) is 10.0 Å². The van der Waals surface area contributed by atoms with Gasteiger partial charge >= 0.3 is 11.8 Å². The summed E-state index contributed by atoms with van der Waals surface area (Å²) in [6.45, 7) is 0. The highest BCUT2D eigenvalue weighted by molar-refractivity contribution is 7.90. The van der Waals surface area contributed by atoms with Crippen LogP contribution in [0.4, 0.5) is 4.79 Å². The predicted octanol–water partition coefficient (Wildman–Crippen LogP) is 0.510. The number of nitrogens with zero attached hydrogens (tertiary/aromatic N) is 2. The molecular weight excluding hydrogens is 300 g/mol. The second-order valence-corrected chi connectivity index (χ2v) is 5.71. The molecule has 1 heterocycles. The first-order valence-corrected chi connectivity index (χ1v) is 7.14. The quantitative estimate of drug-likeness (QED) is 0.819. The Hall–Kier alpha value is -2.55. The molecule has 1 aromatic carbocycles. The largest absolute Gasteiger partial charge is 0.497 e. The molecule has 0 amide bonds. The minimum absolute atomic E-state index is 0.104. The smallest absolute Gasteiger partial charge is 0.421 e. The molecule has 21 heavy (non-hydrogen) atoms. The van der Waals surface area contributed by atoms with Crippen LogP contribution >= 0.6 is 0 Å². The first kappa shape index (κ1) is 14.9. The van der Waals surface area contributed by atoms with E-state index >= 15 is 0 Å². The molecule has 2 rings (SSSR count). The summed E-state index contributed by atoms with van der Waals surface area (Å²) in [5.41, 5.74) is -1.03. The van der Waals surface area contributed by atoms with Crippen LogP contribution in [0.5, 0.6) is 5.75 Å². The van der Waals surface area contributed by atoms with E-state index in [0.29, 0.717) is 14.3 Å². The van der Waals surface area contributed by atoms with Crippen molar-refractivity contribution in [2.24, 2.45) is 0 Å². The van der Waals surface area contributed by atoms with Gasteiger partial charge in [-0.3, -0.25) is 0 Å². The van der Waals surface area contributed by atoms with Gasteiger partial charge in [-0.15, -0.1) is 0 Å². The van der Waals surface area contributed by atoms with E-state index in [1.165, 1.54) is 31.4 Å². The van der Waals surface area contributed by atoms with Crippen molar-refractivity contribution in [1.29, 1.82) is 0 Å². The lowest BCUT2D eigenvalue weighted by atomic mass is 10.3. The van der Waals surface area contributed by atoms with Crippen molar-refractivity contribution in [3.05, 3.63) is 47.1 Å². The van der Waals surface area contributed by atoms with Crippen molar-refractivity contribution >= 4 is 16.1 Å². The zero-order valence-corrected chi connectivity index (χ0v) is 12.0. The van der Waals surface area contributed by atoms with Crippen molar-refractivity contribution in [3.63, 3.8) is 0 Å². The highest BCUT2D eigenvalue weighted by Crippen LogP contribution is 2.17. The molecule has 0 aliphatic rings. The van der Waals surface area contributed by atoms with E-state index in [-0.39, 0.29) is 4.90 Å². The van der Waals surface area contributed by atoms with Crippen LogP contribution in [0.25, 0.3) is 0 Å². The van der Waals surface area contributed by atoms with Crippen LogP contribution in [-0.2, 0) is 14.8 Å². The molecule has 0 saturated carbocycles. The summed E-state index contributed by atoms with van der Waals surface area (Å²) in [7, 11) is -1.56. The predicted molar refractivity (Wildman–Crippen MR) is 72.1 cm³/mol. The fraction of sp³-hybridized carbons (Fsp3) is 0.167. The zero-order chi connectivity index (χ0) is 15.6. The van der Waals surface area contributed by atoms with E-state index in [0.717, 1.165) is 19.5 Å². The van der Waals surface area contributed by atoms with Gasteiger partial charge in [-0.1, -0.05) is 0 Å². The summed E-state index contributed by atoms with van der Waals surface area (Å²) in [5, 5.41) is 0. The minimum Gasteiger partial charge on any atom is -0.497 e. The Morgan fingerprint density at radius 2 is 1.71 bits per heavy atom. The Kier molecular flexibility index (Phi) is 3.85. The molecule has 112 valence electrons. The SMILES string of the molecule is COC(=O)n1ccn(S(=O)(=O)c2ccc(OC)cc2)c1=O. The molecule has 2 aromatic rings. The summed E-state index contributed by atoms with van der Waals surface area (Å²) < 4.78 is 35.0. The Balaban J connectivity index is 2.51. The Morgan fingerprint density at radius 3 is 2.24 bits per heavy atom. The van der Waals surface area contributed by atoms with Gasteiger partial charge in [0.2, 0.25) is 0 Å². The topological polar surface area (TPSA) is 96.6 Å². The summed E-state index contributed by atoms with van der Waals surface area (Å²) in [6.07, 6.45) is 1.04. The molecular formula is C12H12N2O6S. The standard InChI is InChI=1S/C12H12N2O6S/c1-19-9-3-5-10(6-4-9)21(17,18)14-8-7-13(11(14)15)12(16)20-2/h3-8H,1-2H3. The van der Waals surface area contributed by atoms with Crippen LogP contribution < -0.4 is 10.4 Å². The van der Waals surface area contributed by atoms with Gasteiger partial charge < -0.3 is 9.47 Å². The second kappa shape index (κ2) is 5.44. The monoisotopic (exact) mass is 312 g/mol. The van der Waals surface area contributed by atoms with Gasteiger partial charge in [-0.25, -0.2) is 22.6 Å². The van der Waals surface area contributed by atoms with E-state index in [4.69, 9.17) is 4.74 Å². The van der Waals surface area contributed by atoms with Crippen LogP contribution in [0.2, 0.25) is 0 Å². The van der Waals surface area contributed by atoms with Crippen molar-refractivity contribution in [1.82, 2.24) is 8.54 Å². The number of methoxy groups -OCH3 is 2. The number of benzene rings is 1. The molecule has 0 radical (unpaired) electrons. The normalized spacial score (nSPS) is 11.1. The first-order chi connectivity index (χ1) is 9.91. The summed E-state index contributed by atoms with van der Waals surface area (Å²) >= 11 is 0. The van der Waals surface area contributed by atoms with Gasteiger partial charge in [0.05, 0.1) is 19.1 Å². The minimum atomic E-state index is -4.10. The third-order valence-corrected chi connectivity index (χ3v) is 4.40. The number of carbonyl (C=O) groups excluding carboxylic acids is 1. The molecule has 0 aliphatic carbocycles. The molecule has 0 atom stereocenters. The average Bonchev–Trinajstić information content (AvgIpc) is 2.89. The maximum absolute atomic E-state index is 12.3. The summed E-state index contributed by atoms with van der Waals surface area (Å²) in [5.74, 6) is 0.480. The molecule has 0 aliphatic heterocycles. The highest BCUT2D eigenvalue weighted by atomic mass is 32.2. The molecule has 0 N–H and O–H groups in total. The molecule has 0 bridgehead atoms. The Morgan fingerprint density at radius 1 is 1.10 bits per heavy atom. The van der Waals surface area contributed by atoms with Crippen molar-refractivity contribution < 1.29 is 22.7 Å². The van der Waals surface area contributed by atoms with Gasteiger partial charge in [0.1, 0.15) is 5.75 Å². The van der Waals surface area contributed by atoms with Crippen molar-refractivity contribution in [3.8, 4) is 5.75 Å². The third kappa shape index (κ3) is 2.55. The number of rotatable bonds is 3. The molecule has 0 saturated heterocycles. The lowest BCUT2D eigenvalue weighted by Gasteiger charge is -2.05. The van der Waals surface area contributed by atoms with Crippen molar-refractivity contribution in [2.45, 2.75) is 4.90 Å². The van der Waals surface area contributed by atoms with Crippen LogP contribution in [0.1, 0.15) is 0 Å². The van der Waals surface area contributed by atoms with Crippen LogP contribution in [-0.4, -0.2) is 37.3 Å². The van der Waals surface area contributed by atoms with E-state index in [1.54, 1.807) is 0 Å². The van der Waals surface area contributed by atoms with E-state index < -0.39 is 21.8 Å². The van der Waals surface area contributed by atoms with Gasteiger partial charge in [0.15, 0.2) is 0 Å². The fourth-order valence-corrected chi connectivity index (χ4v) is 2.86. The maximum atomic E-state index is 12.3. The molecule has 0 unspecified atom stereocenters. The number of ether oxygens (including phenoxy) is 2. The van der Waals surface area contributed by atoms with E-state index in [9.17, 15) is 18.0 Å². The summed E-state index contributed by atoms with van der Waals surface area (Å²) in [4.78, 5) is 23.1. The van der Waals surface area contributed by atoms with Gasteiger partial charge in [-0.2, -0.15) is 3.97 Å². The van der Waals surface area contributed by atoms with Crippen LogP contribution in [0, 0.1) is 0 Å². The molecule has 9 heteroatoms. The van der Waals surface area contributed by atoms with E-state index in [1.807, 2.05) is 0 Å². The third-order valence-electron chi connectivity index (χ3n) is 2.73. The number of carbonyl (C=O) groups is 1. The fourth-order valence-electron chi connectivity index (χ4n) is 1.64. The lowest BCUT2D eigenvalue weighted by molar-refractivity contribution is 0.172. The Labute approximate surface area is 120 Å². The molecule has 0 spiro atoms. The zero-order valence-electron chi connectivity index (χ0n) is 11.2. The molecule has 0 fully saturated rings. The first-order valence-electron chi connectivity index (χ1n) is 5.69. The average molecular weight is 312 g/mol. The molecule has 1 aromatic heterocycles. The second-order valence-electron chi connectivity index (χ2n) is 3.90. The summed E-state index contributed by atoms with van der Waals surface area (Å²) in [6, 6.07) is 5.51. The van der Waals surface area contributed by atoms with Gasteiger partial charge in [-0.05, 0) is 24.3 Å².